The molecule has 5 nitrogen and oxygen atoms in total. The number of aliphatic hydroxyl groups excluding tert-OH is 1. The Hall–Kier alpha value is -3.08. The summed E-state index contributed by atoms with van der Waals surface area (Å²) in [6.07, 6.45) is 0. The second-order valence-electron chi connectivity index (χ2n) is 9.53. The highest BCUT2D eigenvalue weighted by atomic mass is 16.5. The largest absolute Gasteiger partial charge is 0.503 e. The summed E-state index contributed by atoms with van der Waals surface area (Å²) < 4.78 is 5.77. The van der Waals surface area contributed by atoms with Crippen molar-refractivity contribution < 1.29 is 19.4 Å². The third-order valence-electron chi connectivity index (χ3n) is 5.19. The fraction of sp³-hybridized carbons (Fsp3) is 0.385. The van der Waals surface area contributed by atoms with Gasteiger partial charge in [-0.2, -0.15) is 0 Å². The van der Waals surface area contributed by atoms with Gasteiger partial charge in [-0.15, -0.1) is 0 Å². The first-order valence-electron chi connectivity index (χ1n) is 10.6. The zero-order valence-corrected chi connectivity index (χ0v) is 19.1. The van der Waals surface area contributed by atoms with E-state index in [1.165, 1.54) is 4.90 Å². The van der Waals surface area contributed by atoms with Gasteiger partial charge in [-0.1, -0.05) is 58.9 Å². The smallest absolute Gasteiger partial charge is 0.294 e. The molecule has 1 N–H and O–H groups in total. The summed E-state index contributed by atoms with van der Waals surface area (Å²) in [5.74, 6) is -0.172. The summed E-state index contributed by atoms with van der Waals surface area (Å²) >= 11 is 0. The fourth-order valence-electron chi connectivity index (χ4n) is 3.61. The van der Waals surface area contributed by atoms with Crippen molar-refractivity contribution in [1.82, 2.24) is 0 Å². The summed E-state index contributed by atoms with van der Waals surface area (Å²) in [6, 6.07) is 14.2. The highest BCUT2D eigenvalue weighted by Crippen LogP contribution is 2.43. The fourth-order valence-corrected chi connectivity index (χ4v) is 3.61. The van der Waals surface area contributed by atoms with E-state index in [0.717, 1.165) is 16.9 Å². The number of benzene rings is 2. The predicted octanol–water partition coefficient (Wildman–Crippen LogP) is 5.55. The van der Waals surface area contributed by atoms with E-state index in [-0.39, 0.29) is 11.4 Å². The third kappa shape index (κ3) is 4.66. The highest BCUT2D eigenvalue weighted by Gasteiger charge is 2.46. The number of amides is 1. The Bertz CT molecular complexity index is 1010. The maximum absolute atomic E-state index is 13.3. The average Bonchev–Trinajstić information content (AvgIpc) is 2.96. The van der Waals surface area contributed by atoms with Crippen LogP contribution >= 0.6 is 0 Å². The van der Waals surface area contributed by atoms with Gasteiger partial charge in [-0.25, -0.2) is 0 Å². The number of aryl methyl sites for hydroxylation is 1. The minimum atomic E-state index is -0.745. The van der Waals surface area contributed by atoms with Crippen LogP contribution in [0.25, 0.3) is 0 Å². The lowest BCUT2D eigenvalue weighted by Crippen LogP contribution is -2.32. The average molecular weight is 422 g/mol. The molecule has 3 rings (SSSR count). The first-order valence-corrected chi connectivity index (χ1v) is 10.6. The Labute approximate surface area is 184 Å². The van der Waals surface area contributed by atoms with Gasteiger partial charge in [-0.3, -0.25) is 14.5 Å². The van der Waals surface area contributed by atoms with Gasteiger partial charge in [0.25, 0.3) is 5.91 Å². The predicted molar refractivity (Wildman–Crippen MR) is 122 cm³/mol. The summed E-state index contributed by atoms with van der Waals surface area (Å²) in [5.41, 5.74) is 1.75. The number of nitrogens with zero attached hydrogens (tertiary/aromatic N) is 1. The molecule has 0 saturated heterocycles. The van der Waals surface area contributed by atoms with Crippen LogP contribution in [0.15, 0.2) is 59.9 Å². The number of hydrogen-bond acceptors (Lipinski definition) is 4. The van der Waals surface area contributed by atoms with Gasteiger partial charge < -0.3 is 9.84 Å². The molecule has 0 aromatic heterocycles. The monoisotopic (exact) mass is 421 g/mol. The minimum absolute atomic E-state index is 0.134. The molecule has 1 amide bonds. The first-order chi connectivity index (χ1) is 14.5. The van der Waals surface area contributed by atoms with Crippen molar-refractivity contribution in [3.05, 3.63) is 71.0 Å². The number of carbonyl (C=O) groups excluding carboxylic acids is 2. The van der Waals surface area contributed by atoms with Gasteiger partial charge in [-0.05, 0) is 48.2 Å². The molecule has 0 radical (unpaired) electrons. The highest BCUT2D eigenvalue weighted by molar-refractivity contribution is 6.17. The number of aliphatic hydroxyl groups is 1. The van der Waals surface area contributed by atoms with Crippen LogP contribution in [-0.4, -0.2) is 23.4 Å². The van der Waals surface area contributed by atoms with Crippen molar-refractivity contribution >= 4 is 17.4 Å². The maximum atomic E-state index is 13.3. The van der Waals surface area contributed by atoms with Crippen LogP contribution in [0.3, 0.4) is 0 Å². The van der Waals surface area contributed by atoms with Gasteiger partial charge in [0.1, 0.15) is 5.75 Å². The number of ether oxygens (including phenoxy) is 1. The van der Waals surface area contributed by atoms with Crippen molar-refractivity contribution in [2.24, 2.45) is 11.3 Å². The normalized spacial score (nSPS) is 16.9. The van der Waals surface area contributed by atoms with Crippen LogP contribution in [0.2, 0.25) is 0 Å². The van der Waals surface area contributed by atoms with Crippen LogP contribution in [0.5, 0.6) is 5.75 Å². The molecule has 1 aliphatic rings. The number of rotatable bonds is 6. The zero-order valence-electron chi connectivity index (χ0n) is 19.1. The lowest BCUT2D eigenvalue weighted by molar-refractivity contribution is -0.123. The molecule has 1 atom stereocenters. The summed E-state index contributed by atoms with van der Waals surface area (Å²) in [5, 5.41) is 10.8. The maximum Gasteiger partial charge on any atom is 0.294 e. The van der Waals surface area contributed by atoms with E-state index in [1.807, 2.05) is 55.5 Å². The van der Waals surface area contributed by atoms with Gasteiger partial charge >= 0.3 is 0 Å². The molecule has 1 aliphatic heterocycles. The number of hydrogen-bond donors (Lipinski definition) is 1. The molecular formula is C26H31NO4. The zero-order chi connectivity index (χ0) is 22.9. The number of carbonyl (C=O) groups is 2. The number of ketones is 1. The van der Waals surface area contributed by atoms with E-state index in [9.17, 15) is 14.7 Å². The molecule has 0 fully saturated rings. The van der Waals surface area contributed by atoms with Gasteiger partial charge in [0, 0.05) is 11.1 Å². The van der Waals surface area contributed by atoms with E-state index in [4.69, 9.17) is 4.74 Å². The molecule has 0 spiro atoms. The molecule has 5 heteroatoms. The van der Waals surface area contributed by atoms with E-state index >= 15 is 0 Å². The molecule has 0 aliphatic carbocycles. The van der Waals surface area contributed by atoms with Crippen molar-refractivity contribution in [3.63, 3.8) is 0 Å². The summed E-state index contributed by atoms with van der Waals surface area (Å²) in [4.78, 5) is 27.9. The molecule has 2 aromatic rings. The van der Waals surface area contributed by atoms with E-state index < -0.39 is 23.1 Å². The molecule has 0 bridgehead atoms. The van der Waals surface area contributed by atoms with Crippen molar-refractivity contribution in [2.75, 3.05) is 11.5 Å². The molecular weight excluding hydrogens is 390 g/mol. The van der Waals surface area contributed by atoms with Gasteiger partial charge in [0.2, 0.25) is 0 Å². The molecule has 1 heterocycles. The topological polar surface area (TPSA) is 66.8 Å². The van der Waals surface area contributed by atoms with Crippen molar-refractivity contribution in [1.29, 1.82) is 0 Å². The van der Waals surface area contributed by atoms with Crippen molar-refractivity contribution in [3.8, 4) is 5.75 Å². The summed E-state index contributed by atoms with van der Waals surface area (Å²) in [7, 11) is 0. The number of anilines is 1. The van der Waals surface area contributed by atoms with E-state index in [2.05, 4.69) is 13.8 Å². The molecule has 2 aromatic carbocycles. The van der Waals surface area contributed by atoms with Crippen LogP contribution in [-0.2, 0) is 9.59 Å². The van der Waals surface area contributed by atoms with Crippen LogP contribution in [0, 0.1) is 18.3 Å². The Morgan fingerprint density at radius 1 is 1.13 bits per heavy atom. The van der Waals surface area contributed by atoms with Crippen LogP contribution in [0.1, 0.15) is 51.8 Å². The second kappa shape index (κ2) is 8.58. The lowest BCUT2D eigenvalue weighted by Gasteiger charge is -2.29. The Kier molecular flexibility index (Phi) is 6.25. The standard InChI is InChI=1S/C26H31NO4/c1-16(2)15-31-20-12-10-18(11-13-20)22-21(24(29)26(4,5)6)23(28)25(30)27(22)19-9-7-8-17(3)14-19/h7-14,16,22,28H,15H2,1-6H3. The quantitative estimate of drug-likeness (QED) is 0.664. The molecule has 1 unspecified atom stereocenters. The Balaban J connectivity index is 2.09. The van der Waals surface area contributed by atoms with Gasteiger partial charge in [0.05, 0.1) is 18.2 Å². The lowest BCUT2D eigenvalue weighted by atomic mass is 9.82. The van der Waals surface area contributed by atoms with Crippen LogP contribution < -0.4 is 9.64 Å². The summed E-state index contributed by atoms with van der Waals surface area (Å²) in [6.45, 7) is 12.1. The van der Waals surface area contributed by atoms with E-state index in [0.29, 0.717) is 18.2 Å². The third-order valence-corrected chi connectivity index (χ3v) is 5.19. The molecule has 31 heavy (non-hydrogen) atoms. The molecule has 164 valence electrons. The Morgan fingerprint density at radius 2 is 1.77 bits per heavy atom. The van der Waals surface area contributed by atoms with Crippen LogP contribution in [0.4, 0.5) is 5.69 Å². The van der Waals surface area contributed by atoms with E-state index in [1.54, 1.807) is 20.8 Å². The second-order valence-corrected chi connectivity index (χ2v) is 9.53. The SMILES string of the molecule is Cc1cccc(N2C(=O)C(O)=C(C(=O)C(C)(C)C)C2c2ccc(OCC(C)C)cc2)c1. The van der Waals surface area contributed by atoms with Crippen molar-refractivity contribution in [2.45, 2.75) is 47.6 Å². The van der Waals surface area contributed by atoms with Gasteiger partial charge in [0.15, 0.2) is 11.5 Å². The number of Topliss-reactive ketones (excluding diaryl/α,β-unsaturated/α-hetero) is 1. The first kappa shape index (κ1) is 22.6. The minimum Gasteiger partial charge on any atom is -0.503 e. The molecule has 0 saturated carbocycles. The Morgan fingerprint density at radius 3 is 2.32 bits per heavy atom.